The summed E-state index contributed by atoms with van der Waals surface area (Å²) in [5, 5.41) is 3.24. The molecule has 0 aromatic carbocycles. The largest absolute Gasteiger partial charge is 0.320 e. The van der Waals surface area contributed by atoms with Gasteiger partial charge in [0.05, 0.1) is 0 Å². The van der Waals surface area contributed by atoms with E-state index in [1.165, 1.54) is 58.2 Å². The van der Waals surface area contributed by atoms with Crippen LogP contribution in [0.15, 0.2) is 0 Å². The molecule has 0 radical (unpaired) electrons. The maximum atomic E-state index is 3.24. The first-order chi connectivity index (χ1) is 6.88. The Morgan fingerprint density at radius 2 is 2.21 bits per heavy atom. The van der Waals surface area contributed by atoms with E-state index < -0.39 is 0 Å². The van der Waals surface area contributed by atoms with Crippen LogP contribution in [0.5, 0.6) is 0 Å². The Labute approximate surface area is 89.1 Å². The normalized spacial score (nSPS) is 24.0. The van der Waals surface area contributed by atoms with Gasteiger partial charge in [-0.05, 0) is 58.8 Å². The zero-order valence-corrected chi connectivity index (χ0v) is 9.89. The Bertz CT molecular complexity index is 134. The van der Waals surface area contributed by atoms with Crippen molar-refractivity contribution in [3.05, 3.63) is 0 Å². The number of rotatable bonds is 6. The summed E-state index contributed by atoms with van der Waals surface area (Å²) in [6.45, 7) is 6.12. The van der Waals surface area contributed by atoms with Crippen LogP contribution in [0.25, 0.3) is 0 Å². The lowest BCUT2D eigenvalue weighted by Gasteiger charge is -2.35. The first kappa shape index (κ1) is 12.0. The van der Waals surface area contributed by atoms with Gasteiger partial charge in [-0.1, -0.05) is 13.3 Å². The number of nitrogens with zero attached hydrogens (tertiary/aromatic N) is 1. The molecule has 0 spiro atoms. The Morgan fingerprint density at radius 1 is 1.36 bits per heavy atom. The number of piperidine rings is 1. The number of nitrogens with one attached hydrogen (secondary N) is 1. The van der Waals surface area contributed by atoms with Crippen molar-refractivity contribution in [2.24, 2.45) is 0 Å². The summed E-state index contributed by atoms with van der Waals surface area (Å²) in [7, 11) is 2.05. The van der Waals surface area contributed by atoms with Crippen LogP contribution in [0.3, 0.4) is 0 Å². The van der Waals surface area contributed by atoms with Crippen LogP contribution in [-0.4, -0.2) is 37.6 Å². The van der Waals surface area contributed by atoms with Crippen LogP contribution in [0.2, 0.25) is 0 Å². The van der Waals surface area contributed by atoms with Gasteiger partial charge < -0.3 is 10.2 Å². The highest BCUT2D eigenvalue weighted by atomic mass is 15.2. The molecular formula is C12H26N2. The highest BCUT2D eigenvalue weighted by Gasteiger charge is 2.20. The van der Waals surface area contributed by atoms with Gasteiger partial charge in [0.2, 0.25) is 0 Å². The summed E-state index contributed by atoms with van der Waals surface area (Å²) >= 11 is 0. The summed E-state index contributed by atoms with van der Waals surface area (Å²) < 4.78 is 0. The Morgan fingerprint density at radius 3 is 2.93 bits per heavy atom. The predicted molar refractivity (Wildman–Crippen MR) is 62.7 cm³/mol. The topological polar surface area (TPSA) is 15.3 Å². The molecule has 0 aliphatic carbocycles. The molecule has 2 heteroatoms. The van der Waals surface area contributed by atoms with E-state index in [9.17, 15) is 0 Å². The molecule has 0 aromatic rings. The molecule has 1 saturated heterocycles. The van der Waals surface area contributed by atoms with Gasteiger partial charge in [-0.15, -0.1) is 0 Å². The van der Waals surface area contributed by atoms with Crippen molar-refractivity contribution >= 4 is 0 Å². The minimum Gasteiger partial charge on any atom is -0.320 e. The molecule has 1 N–H and O–H groups in total. The van der Waals surface area contributed by atoms with Crippen LogP contribution in [0.4, 0.5) is 0 Å². The molecule has 1 aliphatic rings. The van der Waals surface area contributed by atoms with E-state index in [1.807, 2.05) is 7.05 Å². The summed E-state index contributed by atoms with van der Waals surface area (Å²) in [6, 6.07) is 0.886. The third-order valence-corrected chi connectivity index (χ3v) is 3.22. The van der Waals surface area contributed by atoms with Crippen molar-refractivity contribution in [2.45, 2.75) is 51.5 Å². The van der Waals surface area contributed by atoms with Crippen molar-refractivity contribution < 1.29 is 0 Å². The summed E-state index contributed by atoms with van der Waals surface area (Å²) in [5.74, 6) is 0. The number of hydrogen-bond donors (Lipinski definition) is 1. The molecule has 1 rings (SSSR count). The number of likely N-dealkylation sites (tertiary alicyclic amines) is 1. The molecular weight excluding hydrogens is 172 g/mol. The molecule has 1 heterocycles. The highest BCUT2D eigenvalue weighted by molar-refractivity contribution is 4.76. The molecule has 1 aliphatic heterocycles. The fraction of sp³-hybridized carbons (Fsp3) is 1.00. The monoisotopic (exact) mass is 198 g/mol. The zero-order valence-electron chi connectivity index (χ0n) is 9.89. The van der Waals surface area contributed by atoms with Crippen molar-refractivity contribution in [3.63, 3.8) is 0 Å². The van der Waals surface area contributed by atoms with E-state index in [-0.39, 0.29) is 0 Å². The molecule has 14 heavy (non-hydrogen) atoms. The average molecular weight is 198 g/mol. The molecule has 1 fully saturated rings. The molecule has 0 saturated carbocycles. The van der Waals surface area contributed by atoms with E-state index in [0.29, 0.717) is 0 Å². The molecule has 1 atom stereocenters. The van der Waals surface area contributed by atoms with Gasteiger partial charge in [0.25, 0.3) is 0 Å². The fourth-order valence-corrected chi connectivity index (χ4v) is 2.48. The van der Waals surface area contributed by atoms with Gasteiger partial charge in [0.1, 0.15) is 0 Å². The van der Waals surface area contributed by atoms with Gasteiger partial charge in [0.15, 0.2) is 0 Å². The van der Waals surface area contributed by atoms with E-state index in [0.717, 1.165) is 6.04 Å². The molecule has 84 valence electrons. The van der Waals surface area contributed by atoms with E-state index in [1.54, 1.807) is 0 Å². The molecule has 0 bridgehead atoms. The van der Waals surface area contributed by atoms with Crippen molar-refractivity contribution in [1.82, 2.24) is 10.2 Å². The molecule has 0 amide bonds. The van der Waals surface area contributed by atoms with E-state index >= 15 is 0 Å². The highest BCUT2D eigenvalue weighted by Crippen LogP contribution is 2.20. The Balaban J connectivity index is 2.22. The minimum atomic E-state index is 0.886. The maximum absolute atomic E-state index is 3.24. The quantitative estimate of drug-likeness (QED) is 0.659. The van der Waals surface area contributed by atoms with Crippen LogP contribution in [0.1, 0.15) is 45.4 Å². The fourth-order valence-electron chi connectivity index (χ4n) is 2.48. The Hall–Kier alpha value is -0.0800. The lowest BCUT2D eigenvalue weighted by molar-refractivity contribution is 0.138. The standard InChI is InChI=1S/C12H26N2/c1-3-10-14-11-5-4-7-12(14)8-6-9-13-2/h12-13H,3-11H2,1-2H3. The summed E-state index contributed by atoms with van der Waals surface area (Å²) in [6.07, 6.45) is 8.33. The van der Waals surface area contributed by atoms with Crippen molar-refractivity contribution in [3.8, 4) is 0 Å². The predicted octanol–water partition coefficient (Wildman–Crippen LogP) is 2.25. The lowest BCUT2D eigenvalue weighted by Crippen LogP contribution is -2.40. The van der Waals surface area contributed by atoms with Gasteiger partial charge in [-0.2, -0.15) is 0 Å². The zero-order chi connectivity index (χ0) is 10.2. The Kier molecular flexibility index (Phi) is 6.20. The lowest BCUT2D eigenvalue weighted by atomic mass is 9.98. The minimum absolute atomic E-state index is 0.886. The third-order valence-electron chi connectivity index (χ3n) is 3.22. The molecule has 1 unspecified atom stereocenters. The summed E-state index contributed by atoms with van der Waals surface area (Å²) in [4.78, 5) is 2.71. The second-order valence-electron chi connectivity index (χ2n) is 4.43. The molecule has 2 nitrogen and oxygen atoms in total. The van der Waals surface area contributed by atoms with E-state index in [4.69, 9.17) is 0 Å². The van der Waals surface area contributed by atoms with E-state index in [2.05, 4.69) is 17.1 Å². The average Bonchev–Trinajstić information content (AvgIpc) is 2.21. The first-order valence-corrected chi connectivity index (χ1v) is 6.27. The van der Waals surface area contributed by atoms with Gasteiger partial charge >= 0.3 is 0 Å². The second kappa shape index (κ2) is 7.24. The van der Waals surface area contributed by atoms with Crippen molar-refractivity contribution in [2.75, 3.05) is 26.7 Å². The van der Waals surface area contributed by atoms with Gasteiger partial charge in [-0.25, -0.2) is 0 Å². The maximum Gasteiger partial charge on any atom is 0.00957 e. The van der Waals surface area contributed by atoms with Crippen LogP contribution in [-0.2, 0) is 0 Å². The SMILES string of the molecule is CCCN1CCCCC1CCCNC. The number of hydrogen-bond acceptors (Lipinski definition) is 2. The van der Waals surface area contributed by atoms with Crippen LogP contribution < -0.4 is 5.32 Å². The van der Waals surface area contributed by atoms with Crippen LogP contribution in [0, 0.1) is 0 Å². The van der Waals surface area contributed by atoms with Crippen LogP contribution >= 0.6 is 0 Å². The second-order valence-corrected chi connectivity index (χ2v) is 4.43. The molecule has 0 aromatic heterocycles. The smallest absolute Gasteiger partial charge is 0.00957 e. The first-order valence-electron chi connectivity index (χ1n) is 6.27. The van der Waals surface area contributed by atoms with Gasteiger partial charge in [0, 0.05) is 6.04 Å². The van der Waals surface area contributed by atoms with Gasteiger partial charge in [-0.3, -0.25) is 0 Å². The van der Waals surface area contributed by atoms with Crippen molar-refractivity contribution in [1.29, 1.82) is 0 Å². The third kappa shape index (κ3) is 3.97. The summed E-state index contributed by atoms with van der Waals surface area (Å²) in [5.41, 5.74) is 0.